The van der Waals surface area contributed by atoms with Gasteiger partial charge in [-0.2, -0.15) is 0 Å². The standard InChI is InChI=1S/C9H7NO/c10-5-7-6-11-9-4-2-1-3-8(7)9/h1-6,10H. The maximum Gasteiger partial charge on any atom is 0.134 e. The lowest BCUT2D eigenvalue weighted by Gasteiger charge is -1.85. The molecule has 54 valence electrons. The SMILES string of the molecule is N=Cc1coc2ccccc12. The van der Waals surface area contributed by atoms with Crippen molar-refractivity contribution in [2.75, 3.05) is 0 Å². The Balaban J connectivity index is 2.86. The van der Waals surface area contributed by atoms with E-state index in [4.69, 9.17) is 9.83 Å². The van der Waals surface area contributed by atoms with Gasteiger partial charge in [0.05, 0.1) is 0 Å². The molecule has 1 aromatic carbocycles. The highest BCUT2D eigenvalue weighted by atomic mass is 16.3. The van der Waals surface area contributed by atoms with Crippen molar-refractivity contribution in [3.05, 3.63) is 36.1 Å². The highest BCUT2D eigenvalue weighted by Gasteiger charge is 1.99. The van der Waals surface area contributed by atoms with Gasteiger partial charge in [0.1, 0.15) is 11.8 Å². The maximum atomic E-state index is 7.06. The number of hydrogen-bond acceptors (Lipinski definition) is 2. The van der Waals surface area contributed by atoms with Crippen LogP contribution in [0.3, 0.4) is 0 Å². The molecule has 1 N–H and O–H groups in total. The van der Waals surface area contributed by atoms with Gasteiger partial charge in [0.15, 0.2) is 0 Å². The van der Waals surface area contributed by atoms with Gasteiger partial charge in [-0.05, 0) is 6.07 Å². The number of rotatable bonds is 1. The molecule has 2 aromatic rings. The molecule has 0 saturated carbocycles. The van der Waals surface area contributed by atoms with Gasteiger partial charge >= 0.3 is 0 Å². The van der Waals surface area contributed by atoms with E-state index in [1.54, 1.807) is 6.26 Å². The third-order valence-electron chi connectivity index (χ3n) is 1.67. The van der Waals surface area contributed by atoms with Crippen molar-refractivity contribution in [2.45, 2.75) is 0 Å². The number of para-hydroxylation sites is 1. The largest absolute Gasteiger partial charge is 0.464 e. The predicted octanol–water partition coefficient (Wildman–Crippen LogP) is 2.43. The molecule has 0 amide bonds. The molecule has 2 nitrogen and oxygen atoms in total. The van der Waals surface area contributed by atoms with Crippen LogP contribution in [0.4, 0.5) is 0 Å². The lowest BCUT2D eigenvalue weighted by molar-refractivity contribution is 0.615. The van der Waals surface area contributed by atoms with Crippen LogP contribution >= 0.6 is 0 Å². The summed E-state index contributed by atoms with van der Waals surface area (Å²) in [7, 11) is 0. The molecule has 0 radical (unpaired) electrons. The topological polar surface area (TPSA) is 37.0 Å². The first-order chi connectivity index (χ1) is 5.42. The number of hydrogen-bond donors (Lipinski definition) is 1. The van der Waals surface area contributed by atoms with E-state index in [-0.39, 0.29) is 0 Å². The molecule has 1 heterocycles. The van der Waals surface area contributed by atoms with Gasteiger partial charge in [-0.25, -0.2) is 0 Å². The number of nitrogens with one attached hydrogen (secondary N) is 1. The Morgan fingerprint density at radius 3 is 2.91 bits per heavy atom. The molecule has 1 aromatic heterocycles. The van der Waals surface area contributed by atoms with Gasteiger partial charge < -0.3 is 9.83 Å². The summed E-state index contributed by atoms with van der Waals surface area (Å²) in [4.78, 5) is 0. The third kappa shape index (κ3) is 0.835. The monoisotopic (exact) mass is 145 g/mol. The van der Waals surface area contributed by atoms with Crippen LogP contribution in [0, 0.1) is 5.41 Å². The van der Waals surface area contributed by atoms with Crippen molar-refractivity contribution in [2.24, 2.45) is 0 Å². The van der Waals surface area contributed by atoms with Gasteiger partial charge in [-0.15, -0.1) is 0 Å². The van der Waals surface area contributed by atoms with Crippen LogP contribution in [-0.4, -0.2) is 6.21 Å². The molecule has 0 unspecified atom stereocenters. The first-order valence-electron chi connectivity index (χ1n) is 3.38. The maximum absolute atomic E-state index is 7.06. The van der Waals surface area contributed by atoms with Crippen molar-refractivity contribution >= 4 is 17.2 Å². The van der Waals surface area contributed by atoms with Gasteiger partial charge in [-0.1, -0.05) is 18.2 Å². The Morgan fingerprint density at radius 1 is 1.27 bits per heavy atom. The summed E-state index contributed by atoms with van der Waals surface area (Å²) in [5, 5.41) is 8.06. The third-order valence-corrected chi connectivity index (χ3v) is 1.67. The lowest BCUT2D eigenvalue weighted by Crippen LogP contribution is -1.72. The molecule has 0 fully saturated rings. The first-order valence-corrected chi connectivity index (χ1v) is 3.38. The van der Waals surface area contributed by atoms with Gasteiger partial charge in [0.2, 0.25) is 0 Å². The Morgan fingerprint density at radius 2 is 2.09 bits per heavy atom. The average Bonchev–Trinajstić information content (AvgIpc) is 2.47. The molecular formula is C9H7NO. The Hall–Kier alpha value is -1.57. The van der Waals surface area contributed by atoms with Crippen molar-refractivity contribution in [1.82, 2.24) is 0 Å². The van der Waals surface area contributed by atoms with Gasteiger partial charge in [0.25, 0.3) is 0 Å². The summed E-state index contributed by atoms with van der Waals surface area (Å²) in [6.07, 6.45) is 2.89. The van der Waals surface area contributed by atoms with E-state index < -0.39 is 0 Å². The molecule has 0 bridgehead atoms. The first kappa shape index (κ1) is 6.16. The Labute approximate surface area is 64.0 Å². The van der Waals surface area contributed by atoms with Crippen molar-refractivity contribution in [3.8, 4) is 0 Å². The second kappa shape index (κ2) is 2.23. The van der Waals surface area contributed by atoms with E-state index in [1.807, 2.05) is 24.3 Å². The summed E-state index contributed by atoms with van der Waals surface area (Å²) >= 11 is 0. The van der Waals surface area contributed by atoms with Crippen LogP contribution < -0.4 is 0 Å². The highest BCUT2D eigenvalue weighted by Crippen LogP contribution is 2.18. The fraction of sp³-hybridized carbons (Fsp3) is 0. The molecule has 2 heteroatoms. The summed E-state index contributed by atoms with van der Waals surface area (Å²) in [5.41, 5.74) is 1.67. The normalized spacial score (nSPS) is 10.2. The Kier molecular flexibility index (Phi) is 1.25. The zero-order valence-corrected chi connectivity index (χ0v) is 5.87. The van der Waals surface area contributed by atoms with Crippen LogP contribution in [0.1, 0.15) is 5.56 Å². The van der Waals surface area contributed by atoms with E-state index in [2.05, 4.69) is 0 Å². The minimum Gasteiger partial charge on any atom is -0.464 e. The van der Waals surface area contributed by atoms with Crippen molar-refractivity contribution < 1.29 is 4.42 Å². The number of benzene rings is 1. The van der Waals surface area contributed by atoms with Crippen LogP contribution in [0.2, 0.25) is 0 Å². The molecule has 0 aliphatic rings. The molecular weight excluding hydrogens is 138 g/mol. The van der Waals surface area contributed by atoms with E-state index in [9.17, 15) is 0 Å². The average molecular weight is 145 g/mol. The van der Waals surface area contributed by atoms with Crippen LogP contribution in [0.15, 0.2) is 34.9 Å². The number of fused-ring (bicyclic) bond motifs is 1. The number of furan rings is 1. The molecule has 0 aliphatic heterocycles. The van der Waals surface area contributed by atoms with E-state index >= 15 is 0 Å². The van der Waals surface area contributed by atoms with Crippen molar-refractivity contribution in [3.63, 3.8) is 0 Å². The second-order valence-corrected chi connectivity index (χ2v) is 2.33. The minimum absolute atomic E-state index is 0.834. The summed E-state index contributed by atoms with van der Waals surface area (Å²) < 4.78 is 5.19. The fourth-order valence-corrected chi connectivity index (χ4v) is 1.11. The molecule has 0 spiro atoms. The fourth-order valence-electron chi connectivity index (χ4n) is 1.11. The lowest BCUT2D eigenvalue weighted by atomic mass is 10.2. The van der Waals surface area contributed by atoms with Crippen molar-refractivity contribution in [1.29, 1.82) is 5.41 Å². The van der Waals surface area contributed by atoms with Gasteiger partial charge in [-0.3, -0.25) is 0 Å². The predicted molar refractivity (Wildman–Crippen MR) is 44.1 cm³/mol. The van der Waals surface area contributed by atoms with Crippen LogP contribution in [-0.2, 0) is 0 Å². The molecule has 0 atom stereocenters. The molecule has 0 aliphatic carbocycles. The Bertz CT molecular complexity index is 389. The zero-order valence-electron chi connectivity index (χ0n) is 5.87. The highest BCUT2D eigenvalue weighted by molar-refractivity contribution is 5.96. The zero-order chi connectivity index (χ0) is 7.68. The van der Waals surface area contributed by atoms with Gasteiger partial charge in [0, 0.05) is 17.2 Å². The summed E-state index contributed by atoms with van der Waals surface area (Å²) in [6, 6.07) is 7.69. The molecule has 0 saturated heterocycles. The van der Waals surface area contributed by atoms with Crippen LogP contribution in [0.25, 0.3) is 11.0 Å². The molecule has 2 rings (SSSR count). The van der Waals surface area contributed by atoms with Crippen LogP contribution in [0.5, 0.6) is 0 Å². The molecule has 11 heavy (non-hydrogen) atoms. The smallest absolute Gasteiger partial charge is 0.134 e. The van der Waals surface area contributed by atoms with E-state index in [1.165, 1.54) is 6.21 Å². The minimum atomic E-state index is 0.834. The second-order valence-electron chi connectivity index (χ2n) is 2.33. The van der Waals surface area contributed by atoms with E-state index in [0.717, 1.165) is 16.5 Å². The van der Waals surface area contributed by atoms with E-state index in [0.29, 0.717) is 0 Å². The summed E-state index contributed by atoms with van der Waals surface area (Å²) in [6.45, 7) is 0. The quantitative estimate of drug-likeness (QED) is 0.615. The summed E-state index contributed by atoms with van der Waals surface area (Å²) in [5.74, 6) is 0.